The summed E-state index contributed by atoms with van der Waals surface area (Å²) < 4.78 is 29.0. The van der Waals surface area contributed by atoms with Gasteiger partial charge < -0.3 is 5.32 Å². The molecule has 0 heterocycles. The zero-order valence-corrected chi connectivity index (χ0v) is 20.0. The van der Waals surface area contributed by atoms with Crippen molar-refractivity contribution < 1.29 is 13.2 Å². The molecule has 0 aliphatic heterocycles. The first-order valence-corrected chi connectivity index (χ1v) is 11.9. The number of hydrogen-bond donors (Lipinski definition) is 1. The maximum atomic E-state index is 13.4. The molecule has 0 atom stereocenters. The molecule has 30 heavy (non-hydrogen) atoms. The number of anilines is 2. The van der Waals surface area contributed by atoms with E-state index >= 15 is 0 Å². The molecule has 7 heteroatoms. The van der Waals surface area contributed by atoms with Gasteiger partial charge in [0.2, 0.25) is 5.91 Å². The third kappa shape index (κ3) is 5.20. The van der Waals surface area contributed by atoms with Crippen LogP contribution in [0.25, 0.3) is 0 Å². The maximum absolute atomic E-state index is 13.4. The fourth-order valence-electron chi connectivity index (χ4n) is 2.90. The molecule has 156 valence electrons. The number of nitrogens with one attached hydrogen (secondary N) is 1. The predicted molar refractivity (Wildman–Crippen MR) is 129 cm³/mol. The van der Waals surface area contributed by atoms with E-state index in [1.165, 1.54) is 0 Å². The van der Waals surface area contributed by atoms with E-state index in [-0.39, 0.29) is 11.4 Å². The van der Waals surface area contributed by atoms with Crippen molar-refractivity contribution in [1.29, 1.82) is 0 Å². The number of sulfonamides is 1. The second kappa shape index (κ2) is 9.18. The van der Waals surface area contributed by atoms with Crippen LogP contribution in [0.2, 0.25) is 0 Å². The Morgan fingerprint density at radius 1 is 0.900 bits per heavy atom. The van der Waals surface area contributed by atoms with Gasteiger partial charge in [0.25, 0.3) is 10.0 Å². The van der Waals surface area contributed by atoms with Gasteiger partial charge in [-0.1, -0.05) is 23.8 Å². The van der Waals surface area contributed by atoms with Gasteiger partial charge in [0, 0.05) is 9.26 Å². The van der Waals surface area contributed by atoms with Crippen molar-refractivity contribution in [1.82, 2.24) is 0 Å². The number of hydrogen-bond acceptors (Lipinski definition) is 3. The highest BCUT2D eigenvalue weighted by molar-refractivity contribution is 14.1. The molecule has 0 radical (unpaired) electrons. The third-order valence-electron chi connectivity index (χ3n) is 4.80. The van der Waals surface area contributed by atoms with Crippen LogP contribution in [0, 0.1) is 24.3 Å². The number of carbonyl (C=O) groups is 1. The Kier molecular flexibility index (Phi) is 6.82. The molecule has 1 N–H and O–H groups in total. The molecule has 0 aliphatic carbocycles. The van der Waals surface area contributed by atoms with E-state index in [9.17, 15) is 13.2 Å². The van der Waals surface area contributed by atoms with Gasteiger partial charge in [-0.25, -0.2) is 8.42 Å². The summed E-state index contributed by atoms with van der Waals surface area (Å²) >= 11 is 2.18. The van der Waals surface area contributed by atoms with Crippen LogP contribution in [0.1, 0.15) is 16.7 Å². The smallest absolute Gasteiger partial charge is 0.264 e. The summed E-state index contributed by atoms with van der Waals surface area (Å²) in [5, 5.41) is 2.78. The lowest BCUT2D eigenvalue weighted by molar-refractivity contribution is -0.114. The van der Waals surface area contributed by atoms with Crippen molar-refractivity contribution >= 4 is 49.9 Å². The number of carbonyl (C=O) groups excluding carboxylic acids is 1. The van der Waals surface area contributed by atoms with E-state index in [1.807, 2.05) is 39.0 Å². The topological polar surface area (TPSA) is 66.5 Å². The third-order valence-corrected chi connectivity index (χ3v) is 7.31. The highest BCUT2D eigenvalue weighted by Crippen LogP contribution is 2.26. The SMILES string of the molecule is Cc1ccc(S(=O)(=O)N(CC(=O)Nc2ccc(I)cc2)c2ccc(C)c(C)c2)cc1. The monoisotopic (exact) mass is 534 g/mol. The fraction of sp³-hybridized carbons (Fsp3) is 0.174. The molecule has 0 fully saturated rings. The van der Waals surface area contributed by atoms with Gasteiger partial charge in [0.05, 0.1) is 10.6 Å². The molecule has 3 aromatic rings. The average molecular weight is 534 g/mol. The summed E-state index contributed by atoms with van der Waals surface area (Å²) in [6.45, 7) is 5.44. The Hall–Kier alpha value is -2.39. The zero-order chi connectivity index (χ0) is 21.9. The molecule has 0 spiro atoms. The summed E-state index contributed by atoms with van der Waals surface area (Å²) in [7, 11) is -3.92. The normalized spacial score (nSPS) is 11.2. The molecule has 3 rings (SSSR count). The largest absolute Gasteiger partial charge is 0.325 e. The van der Waals surface area contributed by atoms with Crippen LogP contribution in [-0.2, 0) is 14.8 Å². The van der Waals surface area contributed by atoms with Crippen LogP contribution in [0.4, 0.5) is 11.4 Å². The quantitative estimate of drug-likeness (QED) is 0.451. The standard InChI is InChI=1S/C23H23IN2O3S/c1-16-4-12-22(13-5-16)30(28,29)26(21-11-6-17(2)18(3)14-21)15-23(27)25-20-9-7-19(24)8-10-20/h4-14H,15H2,1-3H3,(H,25,27). The number of halogens is 1. The molecule has 0 unspecified atom stereocenters. The van der Waals surface area contributed by atoms with Crippen LogP contribution in [0.5, 0.6) is 0 Å². The van der Waals surface area contributed by atoms with Crippen LogP contribution in [-0.4, -0.2) is 20.9 Å². The lowest BCUT2D eigenvalue weighted by Gasteiger charge is -2.25. The first kappa shape index (κ1) is 22.3. The molecule has 1 amide bonds. The van der Waals surface area contributed by atoms with E-state index in [4.69, 9.17) is 0 Å². The van der Waals surface area contributed by atoms with Crippen molar-refractivity contribution in [3.63, 3.8) is 0 Å². The van der Waals surface area contributed by atoms with Crippen LogP contribution in [0.15, 0.2) is 71.6 Å². The van der Waals surface area contributed by atoms with E-state index in [2.05, 4.69) is 27.9 Å². The Balaban J connectivity index is 1.96. The van der Waals surface area contributed by atoms with E-state index in [0.29, 0.717) is 11.4 Å². The van der Waals surface area contributed by atoms with Gasteiger partial charge >= 0.3 is 0 Å². The average Bonchev–Trinajstić information content (AvgIpc) is 2.70. The van der Waals surface area contributed by atoms with Crippen molar-refractivity contribution in [2.75, 3.05) is 16.2 Å². The lowest BCUT2D eigenvalue weighted by Crippen LogP contribution is -2.38. The van der Waals surface area contributed by atoms with Crippen LogP contribution < -0.4 is 9.62 Å². The highest BCUT2D eigenvalue weighted by Gasteiger charge is 2.27. The fourth-order valence-corrected chi connectivity index (χ4v) is 4.67. The minimum Gasteiger partial charge on any atom is -0.325 e. The Bertz CT molecular complexity index is 1160. The van der Waals surface area contributed by atoms with Gasteiger partial charge in [-0.15, -0.1) is 0 Å². The minimum atomic E-state index is -3.92. The Morgan fingerprint density at radius 2 is 1.53 bits per heavy atom. The van der Waals surface area contributed by atoms with Gasteiger partial charge in [0.1, 0.15) is 6.54 Å². The predicted octanol–water partition coefficient (Wildman–Crippen LogP) is 5.05. The Morgan fingerprint density at radius 3 is 2.13 bits per heavy atom. The number of amides is 1. The summed E-state index contributed by atoms with van der Waals surface area (Å²) in [5.41, 5.74) is 4.04. The number of aryl methyl sites for hydroxylation is 3. The van der Waals surface area contributed by atoms with E-state index < -0.39 is 15.9 Å². The Labute approximate surface area is 191 Å². The number of nitrogens with zero attached hydrogens (tertiary/aromatic N) is 1. The van der Waals surface area contributed by atoms with Crippen molar-refractivity contribution in [2.24, 2.45) is 0 Å². The summed E-state index contributed by atoms with van der Waals surface area (Å²) in [4.78, 5) is 12.9. The summed E-state index contributed by atoms with van der Waals surface area (Å²) in [5.74, 6) is -0.412. The van der Waals surface area contributed by atoms with Crippen LogP contribution >= 0.6 is 22.6 Å². The second-order valence-corrected chi connectivity index (χ2v) is 10.3. The first-order valence-electron chi connectivity index (χ1n) is 9.39. The number of rotatable bonds is 6. The molecular weight excluding hydrogens is 511 g/mol. The molecule has 0 aliphatic rings. The van der Waals surface area contributed by atoms with E-state index in [1.54, 1.807) is 48.5 Å². The van der Waals surface area contributed by atoms with Gasteiger partial charge in [-0.2, -0.15) is 0 Å². The van der Waals surface area contributed by atoms with E-state index in [0.717, 1.165) is 24.6 Å². The summed E-state index contributed by atoms with van der Waals surface area (Å²) in [6, 6.07) is 19.3. The van der Waals surface area contributed by atoms with Gasteiger partial charge in [0.15, 0.2) is 0 Å². The molecule has 0 saturated heterocycles. The summed E-state index contributed by atoms with van der Waals surface area (Å²) in [6.07, 6.45) is 0. The molecular formula is C23H23IN2O3S. The zero-order valence-electron chi connectivity index (χ0n) is 17.0. The van der Waals surface area contributed by atoms with Gasteiger partial charge in [-0.3, -0.25) is 9.10 Å². The molecule has 0 bridgehead atoms. The van der Waals surface area contributed by atoms with Crippen molar-refractivity contribution in [3.8, 4) is 0 Å². The highest BCUT2D eigenvalue weighted by atomic mass is 127. The molecule has 5 nitrogen and oxygen atoms in total. The maximum Gasteiger partial charge on any atom is 0.264 e. The van der Waals surface area contributed by atoms with Crippen molar-refractivity contribution in [3.05, 3.63) is 87.0 Å². The molecule has 3 aromatic carbocycles. The minimum absolute atomic E-state index is 0.147. The second-order valence-electron chi connectivity index (χ2n) is 7.15. The molecule has 0 saturated carbocycles. The van der Waals surface area contributed by atoms with Crippen molar-refractivity contribution in [2.45, 2.75) is 25.7 Å². The lowest BCUT2D eigenvalue weighted by atomic mass is 10.1. The first-order chi connectivity index (χ1) is 14.2. The molecule has 0 aromatic heterocycles. The van der Waals surface area contributed by atoms with Gasteiger partial charge in [-0.05, 0) is 103 Å². The number of benzene rings is 3. The van der Waals surface area contributed by atoms with Crippen LogP contribution in [0.3, 0.4) is 0 Å².